The number of carbonyl (C=O) groups excluding carboxylic acids is 1. The van der Waals surface area contributed by atoms with Crippen LogP contribution in [0.5, 0.6) is 0 Å². The fourth-order valence-electron chi connectivity index (χ4n) is 1.35. The molecule has 0 aliphatic rings. The van der Waals surface area contributed by atoms with Crippen LogP contribution in [0, 0.1) is 5.82 Å². The smallest absolute Gasteiger partial charge is 0.202 e. The molecule has 1 aromatic heterocycles. The molecule has 0 atom stereocenters. The van der Waals surface area contributed by atoms with E-state index in [1.165, 1.54) is 24.4 Å². The number of hydrogen-bond donors (Lipinski definition) is 1. The number of nitrogens with zero attached hydrogens (tertiary/aromatic N) is 1. The second-order valence-electron chi connectivity index (χ2n) is 3.27. The van der Waals surface area contributed by atoms with Crippen molar-refractivity contribution < 1.29 is 9.18 Å². The summed E-state index contributed by atoms with van der Waals surface area (Å²) in [6.07, 6.45) is 3.07. The second kappa shape index (κ2) is 4.45. The predicted molar refractivity (Wildman–Crippen MR) is 58.0 cm³/mol. The van der Waals surface area contributed by atoms with Crippen molar-refractivity contribution >= 4 is 17.4 Å². The van der Waals surface area contributed by atoms with Crippen molar-refractivity contribution in [1.82, 2.24) is 9.97 Å². The number of Topliss-reactive ketones (excluding diaryl/α,β-unsaturated/α-hetero) is 1. The van der Waals surface area contributed by atoms with Gasteiger partial charge >= 0.3 is 0 Å². The Morgan fingerprint density at radius 1 is 1.50 bits per heavy atom. The van der Waals surface area contributed by atoms with Gasteiger partial charge in [-0.15, -0.1) is 0 Å². The molecule has 1 aromatic carbocycles. The van der Waals surface area contributed by atoms with Gasteiger partial charge in [-0.3, -0.25) is 4.79 Å². The van der Waals surface area contributed by atoms with Crippen LogP contribution >= 0.6 is 11.6 Å². The molecule has 1 N–H and O–H groups in total. The molecule has 0 aliphatic carbocycles. The maximum Gasteiger partial charge on any atom is 0.202 e. The molecule has 0 bridgehead atoms. The third kappa shape index (κ3) is 2.28. The fraction of sp³-hybridized carbons (Fsp3) is 0.0909. The lowest BCUT2D eigenvalue weighted by Gasteiger charge is -2.02. The first-order valence-corrected chi connectivity index (χ1v) is 5.01. The van der Waals surface area contributed by atoms with E-state index in [4.69, 9.17) is 11.6 Å². The SMILES string of the molecule is O=C(Cc1cc(F)ccc1Cl)c1ncc[nH]1. The van der Waals surface area contributed by atoms with E-state index in [0.717, 1.165) is 0 Å². The Balaban J connectivity index is 2.21. The van der Waals surface area contributed by atoms with E-state index in [0.29, 0.717) is 10.6 Å². The first kappa shape index (κ1) is 10.8. The third-order valence-electron chi connectivity index (χ3n) is 2.12. The average Bonchev–Trinajstić information content (AvgIpc) is 2.76. The molecule has 1 heterocycles. The molecule has 0 saturated heterocycles. The first-order chi connectivity index (χ1) is 7.66. The number of imidazole rings is 1. The maximum absolute atomic E-state index is 12.9. The van der Waals surface area contributed by atoms with E-state index in [-0.39, 0.29) is 18.0 Å². The van der Waals surface area contributed by atoms with Crippen LogP contribution in [0.15, 0.2) is 30.6 Å². The molecule has 16 heavy (non-hydrogen) atoms. The molecule has 0 unspecified atom stereocenters. The summed E-state index contributed by atoms with van der Waals surface area (Å²) in [6.45, 7) is 0. The summed E-state index contributed by atoms with van der Waals surface area (Å²) in [5.74, 6) is -0.385. The van der Waals surface area contributed by atoms with Crippen molar-refractivity contribution in [3.05, 3.63) is 52.8 Å². The molecule has 5 heteroatoms. The van der Waals surface area contributed by atoms with Gasteiger partial charge in [-0.05, 0) is 23.8 Å². The van der Waals surface area contributed by atoms with Crippen LogP contribution in [0.4, 0.5) is 4.39 Å². The molecule has 0 fully saturated rings. The number of aromatic amines is 1. The summed E-state index contributed by atoms with van der Waals surface area (Å²) in [4.78, 5) is 18.2. The van der Waals surface area contributed by atoms with Gasteiger partial charge in [0.25, 0.3) is 0 Å². The van der Waals surface area contributed by atoms with E-state index >= 15 is 0 Å². The minimum Gasteiger partial charge on any atom is -0.342 e. The zero-order chi connectivity index (χ0) is 11.5. The van der Waals surface area contributed by atoms with Crippen molar-refractivity contribution in [2.75, 3.05) is 0 Å². The van der Waals surface area contributed by atoms with E-state index in [1.807, 2.05) is 0 Å². The summed E-state index contributed by atoms with van der Waals surface area (Å²) < 4.78 is 12.9. The van der Waals surface area contributed by atoms with Crippen molar-refractivity contribution in [1.29, 1.82) is 0 Å². The van der Waals surface area contributed by atoms with Gasteiger partial charge in [0.05, 0.1) is 0 Å². The number of aromatic nitrogens is 2. The van der Waals surface area contributed by atoms with Crippen LogP contribution < -0.4 is 0 Å². The van der Waals surface area contributed by atoms with Crippen LogP contribution in [-0.2, 0) is 6.42 Å². The van der Waals surface area contributed by atoms with Crippen molar-refractivity contribution in [2.24, 2.45) is 0 Å². The molecular formula is C11H8ClFN2O. The fourth-order valence-corrected chi connectivity index (χ4v) is 1.54. The van der Waals surface area contributed by atoms with Gasteiger partial charge in [-0.25, -0.2) is 9.37 Å². The Kier molecular flexibility index (Phi) is 3.01. The number of ketones is 1. The largest absolute Gasteiger partial charge is 0.342 e. The number of hydrogen-bond acceptors (Lipinski definition) is 2. The van der Waals surface area contributed by atoms with Crippen LogP contribution in [0.2, 0.25) is 5.02 Å². The highest BCUT2D eigenvalue weighted by molar-refractivity contribution is 6.31. The molecule has 3 nitrogen and oxygen atoms in total. The van der Waals surface area contributed by atoms with Crippen LogP contribution in [0.1, 0.15) is 16.2 Å². The summed E-state index contributed by atoms with van der Waals surface area (Å²) in [5.41, 5.74) is 0.461. The number of benzene rings is 1. The van der Waals surface area contributed by atoms with Crippen molar-refractivity contribution in [3.63, 3.8) is 0 Å². The zero-order valence-corrected chi connectivity index (χ0v) is 8.96. The van der Waals surface area contributed by atoms with Gasteiger partial charge in [-0.2, -0.15) is 0 Å². The molecule has 0 spiro atoms. The lowest BCUT2D eigenvalue weighted by Crippen LogP contribution is -2.06. The Labute approximate surface area is 96.3 Å². The molecule has 2 rings (SSSR count). The molecule has 82 valence electrons. The van der Waals surface area contributed by atoms with Gasteiger partial charge in [0, 0.05) is 23.8 Å². The van der Waals surface area contributed by atoms with Crippen molar-refractivity contribution in [3.8, 4) is 0 Å². The monoisotopic (exact) mass is 238 g/mol. The Hall–Kier alpha value is -1.68. The third-order valence-corrected chi connectivity index (χ3v) is 2.49. The van der Waals surface area contributed by atoms with Crippen LogP contribution in [0.3, 0.4) is 0 Å². The zero-order valence-electron chi connectivity index (χ0n) is 8.21. The van der Waals surface area contributed by atoms with E-state index in [9.17, 15) is 9.18 Å². The number of rotatable bonds is 3. The summed E-state index contributed by atoms with van der Waals surface area (Å²) >= 11 is 5.85. The summed E-state index contributed by atoms with van der Waals surface area (Å²) in [6, 6.07) is 3.94. The minimum atomic E-state index is -0.411. The minimum absolute atomic E-state index is 0.0319. The quantitative estimate of drug-likeness (QED) is 0.836. The summed E-state index contributed by atoms with van der Waals surface area (Å²) in [7, 11) is 0. The topological polar surface area (TPSA) is 45.8 Å². The standard InChI is InChI=1S/C11H8ClFN2O/c12-9-2-1-8(13)5-7(9)6-10(16)11-14-3-4-15-11/h1-5H,6H2,(H,14,15). The lowest BCUT2D eigenvalue weighted by molar-refractivity contribution is 0.0984. The predicted octanol–water partition coefficient (Wildman–Crippen LogP) is 2.63. The highest BCUT2D eigenvalue weighted by Gasteiger charge is 2.12. The van der Waals surface area contributed by atoms with E-state index < -0.39 is 5.82 Å². The van der Waals surface area contributed by atoms with Gasteiger partial charge in [0.2, 0.25) is 5.78 Å². The number of halogens is 2. The van der Waals surface area contributed by atoms with E-state index in [2.05, 4.69) is 9.97 Å². The highest BCUT2D eigenvalue weighted by Crippen LogP contribution is 2.18. The van der Waals surface area contributed by atoms with E-state index in [1.54, 1.807) is 6.20 Å². The second-order valence-corrected chi connectivity index (χ2v) is 3.68. The molecule has 2 aromatic rings. The normalized spacial score (nSPS) is 10.4. The highest BCUT2D eigenvalue weighted by atomic mass is 35.5. The van der Waals surface area contributed by atoms with Crippen LogP contribution in [-0.4, -0.2) is 15.8 Å². The molecule has 0 aliphatic heterocycles. The maximum atomic E-state index is 12.9. The van der Waals surface area contributed by atoms with Crippen molar-refractivity contribution in [2.45, 2.75) is 6.42 Å². The molecule has 0 saturated carbocycles. The average molecular weight is 239 g/mol. The Morgan fingerprint density at radius 3 is 3.00 bits per heavy atom. The summed E-state index contributed by atoms with van der Waals surface area (Å²) in [5, 5.41) is 0.376. The number of nitrogens with one attached hydrogen (secondary N) is 1. The number of H-pyrrole nitrogens is 1. The molecular weight excluding hydrogens is 231 g/mol. The molecule has 0 radical (unpaired) electrons. The Morgan fingerprint density at radius 2 is 2.31 bits per heavy atom. The Bertz CT molecular complexity index is 511. The van der Waals surface area contributed by atoms with Gasteiger partial charge in [-0.1, -0.05) is 11.6 Å². The van der Waals surface area contributed by atoms with Gasteiger partial charge < -0.3 is 4.98 Å². The number of carbonyl (C=O) groups is 1. The lowest BCUT2D eigenvalue weighted by atomic mass is 10.1. The van der Waals surface area contributed by atoms with Gasteiger partial charge in [0.1, 0.15) is 5.82 Å². The van der Waals surface area contributed by atoms with Gasteiger partial charge in [0.15, 0.2) is 5.82 Å². The van der Waals surface area contributed by atoms with Crippen LogP contribution in [0.25, 0.3) is 0 Å². The molecule has 0 amide bonds. The first-order valence-electron chi connectivity index (χ1n) is 4.63.